The summed E-state index contributed by atoms with van der Waals surface area (Å²) in [7, 11) is 0. The number of hydrogen-bond donors (Lipinski definition) is 2. The maximum Gasteiger partial charge on any atom is 0.335 e. The number of aromatic carboxylic acids is 1. The zero-order valence-corrected chi connectivity index (χ0v) is 11.8. The minimum Gasteiger partial charge on any atom is -0.478 e. The van der Waals surface area contributed by atoms with Gasteiger partial charge in [0.25, 0.3) is 0 Å². The van der Waals surface area contributed by atoms with Crippen LogP contribution in [0.15, 0.2) is 24.3 Å². The van der Waals surface area contributed by atoms with Gasteiger partial charge >= 0.3 is 5.97 Å². The van der Waals surface area contributed by atoms with E-state index in [1.807, 2.05) is 6.07 Å². The van der Waals surface area contributed by atoms with Gasteiger partial charge in [-0.15, -0.1) is 0 Å². The summed E-state index contributed by atoms with van der Waals surface area (Å²) < 4.78 is 5.66. The van der Waals surface area contributed by atoms with Gasteiger partial charge in [-0.05, 0) is 36.5 Å². The van der Waals surface area contributed by atoms with Gasteiger partial charge in [-0.3, -0.25) is 0 Å². The van der Waals surface area contributed by atoms with Crippen LogP contribution in [0.1, 0.15) is 41.6 Å². The molecule has 0 spiro atoms. The summed E-state index contributed by atoms with van der Waals surface area (Å²) in [6, 6.07) is 7.02. The van der Waals surface area contributed by atoms with E-state index in [9.17, 15) is 4.79 Å². The lowest BCUT2D eigenvalue weighted by molar-refractivity contribution is 0.0696. The van der Waals surface area contributed by atoms with Gasteiger partial charge in [0, 0.05) is 19.7 Å². The number of hydrogen-bond acceptors (Lipinski definition) is 3. The van der Waals surface area contributed by atoms with Crippen LogP contribution in [0, 0.1) is 5.92 Å². The highest BCUT2D eigenvalue weighted by Gasteiger charge is 2.14. The Morgan fingerprint density at radius 1 is 1.35 bits per heavy atom. The van der Waals surface area contributed by atoms with Gasteiger partial charge in [0.1, 0.15) is 0 Å². The summed E-state index contributed by atoms with van der Waals surface area (Å²) in [6.45, 7) is 3.07. The Balaban J connectivity index is 1.58. The smallest absolute Gasteiger partial charge is 0.335 e. The second-order valence-corrected chi connectivity index (χ2v) is 5.41. The molecule has 0 heterocycles. The molecule has 1 saturated carbocycles. The quantitative estimate of drug-likeness (QED) is 0.717. The van der Waals surface area contributed by atoms with Crippen LogP contribution in [0.25, 0.3) is 0 Å². The van der Waals surface area contributed by atoms with Crippen molar-refractivity contribution >= 4 is 5.97 Å². The van der Waals surface area contributed by atoms with Gasteiger partial charge < -0.3 is 15.2 Å². The summed E-state index contributed by atoms with van der Waals surface area (Å²) in [4.78, 5) is 10.9. The van der Waals surface area contributed by atoms with Crippen molar-refractivity contribution in [3.05, 3.63) is 35.4 Å². The lowest BCUT2D eigenvalue weighted by Crippen LogP contribution is -2.20. The highest BCUT2D eigenvalue weighted by atomic mass is 16.5. The van der Waals surface area contributed by atoms with Crippen molar-refractivity contribution in [3.8, 4) is 0 Å². The fourth-order valence-electron chi connectivity index (χ4n) is 2.62. The normalized spacial score (nSPS) is 15.6. The monoisotopic (exact) mass is 277 g/mol. The Morgan fingerprint density at radius 2 is 2.15 bits per heavy atom. The van der Waals surface area contributed by atoms with Crippen LogP contribution in [-0.4, -0.2) is 30.8 Å². The molecule has 20 heavy (non-hydrogen) atoms. The van der Waals surface area contributed by atoms with Gasteiger partial charge in [0.05, 0.1) is 12.2 Å². The lowest BCUT2D eigenvalue weighted by atomic mass is 10.1. The van der Waals surface area contributed by atoms with Crippen LogP contribution in [0.4, 0.5) is 0 Å². The molecular weight excluding hydrogens is 254 g/mol. The van der Waals surface area contributed by atoms with Crippen molar-refractivity contribution < 1.29 is 14.6 Å². The molecule has 0 aliphatic heterocycles. The first-order valence-electron chi connectivity index (χ1n) is 7.36. The summed E-state index contributed by atoms with van der Waals surface area (Å²) >= 11 is 0. The third-order valence-electron chi connectivity index (χ3n) is 3.75. The fourth-order valence-corrected chi connectivity index (χ4v) is 2.62. The number of nitrogens with one attached hydrogen (secondary N) is 1. The van der Waals surface area contributed by atoms with Crippen LogP contribution in [-0.2, 0) is 11.3 Å². The topological polar surface area (TPSA) is 58.6 Å². The number of carboxylic acids is 1. The van der Waals surface area contributed by atoms with Gasteiger partial charge in [0.15, 0.2) is 0 Å². The lowest BCUT2D eigenvalue weighted by Gasteiger charge is -2.10. The van der Waals surface area contributed by atoms with Crippen LogP contribution in [0.5, 0.6) is 0 Å². The standard InChI is InChI=1S/C16H23NO3/c18-16(19)15-7-3-6-14(10-15)11-17-8-9-20-12-13-4-1-2-5-13/h3,6-7,10,13,17H,1-2,4-5,8-9,11-12H2,(H,18,19). The Morgan fingerprint density at radius 3 is 2.90 bits per heavy atom. The first kappa shape index (κ1) is 15.0. The average molecular weight is 277 g/mol. The number of benzene rings is 1. The molecule has 1 fully saturated rings. The maximum absolute atomic E-state index is 10.9. The first-order valence-corrected chi connectivity index (χ1v) is 7.36. The van der Waals surface area contributed by atoms with E-state index in [2.05, 4.69) is 5.32 Å². The molecule has 1 aromatic rings. The molecule has 0 radical (unpaired) electrons. The molecule has 2 rings (SSSR count). The fraction of sp³-hybridized carbons (Fsp3) is 0.562. The van der Waals surface area contributed by atoms with Gasteiger partial charge in [-0.25, -0.2) is 4.79 Å². The zero-order chi connectivity index (χ0) is 14.2. The Bertz CT molecular complexity index is 427. The molecule has 2 N–H and O–H groups in total. The third kappa shape index (κ3) is 4.94. The minimum absolute atomic E-state index is 0.335. The molecule has 1 aliphatic carbocycles. The van der Waals surface area contributed by atoms with Crippen LogP contribution >= 0.6 is 0 Å². The van der Waals surface area contributed by atoms with Crippen molar-refractivity contribution in [3.63, 3.8) is 0 Å². The van der Waals surface area contributed by atoms with E-state index in [0.29, 0.717) is 12.1 Å². The average Bonchev–Trinajstić information content (AvgIpc) is 2.96. The summed E-state index contributed by atoms with van der Waals surface area (Å²) in [6.07, 6.45) is 5.34. The van der Waals surface area contributed by atoms with Crippen LogP contribution in [0.3, 0.4) is 0 Å². The molecule has 0 amide bonds. The molecule has 1 aromatic carbocycles. The molecular formula is C16H23NO3. The molecule has 0 saturated heterocycles. The number of rotatable bonds is 8. The van der Waals surface area contributed by atoms with E-state index in [1.165, 1.54) is 25.7 Å². The number of carbonyl (C=O) groups is 1. The van der Waals surface area contributed by atoms with E-state index in [-0.39, 0.29) is 0 Å². The predicted molar refractivity (Wildman–Crippen MR) is 77.9 cm³/mol. The van der Waals surface area contributed by atoms with Crippen molar-refractivity contribution in [1.29, 1.82) is 0 Å². The van der Waals surface area contributed by atoms with Crippen molar-refractivity contribution in [1.82, 2.24) is 5.32 Å². The minimum atomic E-state index is -0.883. The van der Waals surface area contributed by atoms with E-state index >= 15 is 0 Å². The summed E-state index contributed by atoms with van der Waals surface area (Å²) in [5, 5.41) is 12.2. The largest absolute Gasteiger partial charge is 0.478 e. The second kappa shape index (κ2) is 8.02. The zero-order valence-electron chi connectivity index (χ0n) is 11.8. The Hall–Kier alpha value is -1.39. The van der Waals surface area contributed by atoms with Gasteiger partial charge in [-0.2, -0.15) is 0 Å². The van der Waals surface area contributed by atoms with E-state index in [0.717, 1.165) is 31.2 Å². The van der Waals surface area contributed by atoms with Crippen molar-refractivity contribution in [2.75, 3.05) is 19.8 Å². The van der Waals surface area contributed by atoms with Gasteiger partial charge in [0.2, 0.25) is 0 Å². The maximum atomic E-state index is 10.9. The molecule has 0 bridgehead atoms. The SMILES string of the molecule is O=C(O)c1cccc(CNCCOCC2CCCC2)c1. The molecule has 1 aliphatic rings. The van der Waals surface area contributed by atoms with Crippen LogP contribution in [0.2, 0.25) is 0 Å². The number of carboxylic acid groups (broad SMARTS) is 1. The van der Waals surface area contributed by atoms with E-state index < -0.39 is 5.97 Å². The third-order valence-corrected chi connectivity index (χ3v) is 3.75. The first-order chi connectivity index (χ1) is 9.75. The molecule has 110 valence electrons. The Kier molecular flexibility index (Phi) is 6.02. The molecule has 0 aromatic heterocycles. The van der Waals surface area contributed by atoms with Crippen molar-refractivity contribution in [2.24, 2.45) is 5.92 Å². The highest BCUT2D eigenvalue weighted by Crippen LogP contribution is 2.24. The molecule has 0 unspecified atom stereocenters. The number of ether oxygens (including phenoxy) is 1. The Labute approximate surface area is 120 Å². The van der Waals surface area contributed by atoms with Crippen molar-refractivity contribution in [2.45, 2.75) is 32.2 Å². The highest BCUT2D eigenvalue weighted by molar-refractivity contribution is 5.87. The molecule has 4 heteroatoms. The summed E-state index contributed by atoms with van der Waals surface area (Å²) in [5.41, 5.74) is 1.32. The van der Waals surface area contributed by atoms with Crippen LogP contribution < -0.4 is 5.32 Å². The molecule has 0 atom stereocenters. The summed E-state index contributed by atoms with van der Waals surface area (Å²) in [5.74, 6) is -0.117. The second-order valence-electron chi connectivity index (χ2n) is 5.41. The van der Waals surface area contributed by atoms with E-state index in [1.54, 1.807) is 18.2 Å². The predicted octanol–water partition coefficient (Wildman–Crippen LogP) is 2.68. The van der Waals surface area contributed by atoms with E-state index in [4.69, 9.17) is 9.84 Å². The van der Waals surface area contributed by atoms with Gasteiger partial charge in [-0.1, -0.05) is 25.0 Å². The molecule has 4 nitrogen and oxygen atoms in total.